The highest BCUT2D eigenvalue weighted by atomic mass is 16.4. The van der Waals surface area contributed by atoms with Crippen LogP contribution in [-0.4, -0.2) is 14.5 Å². The molecule has 3 rings (SSSR count). The van der Waals surface area contributed by atoms with Crippen molar-refractivity contribution in [1.82, 2.24) is 14.5 Å². The van der Waals surface area contributed by atoms with Crippen molar-refractivity contribution in [2.75, 3.05) is 0 Å². The number of benzene rings is 1. The Morgan fingerprint density at radius 2 is 2.18 bits per heavy atom. The first-order chi connectivity index (χ1) is 8.38. The molecule has 0 saturated carbocycles. The lowest BCUT2D eigenvalue weighted by atomic mass is 10.3. The zero-order valence-corrected chi connectivity index (χ0v) is 9.63. The highest BCUT2D eigenvalue weighted by Crippen LogP contribution is 2.19. The lowest BCUT2D eigenvalue weighted by Gasteiger charge is -2.00. The van der Waals surface area contributed by atoms with Crippen molar-refractivity contribution < 1.29 is 4.42 Å². The van der Waals surface area contributed by atoms with Gasteiger partial charge in [0.05, 0.1) is 0 Å². The molecule has 2 heterocycles. The molecule has 0 unspecified atom stereocenters. The van der Waals surface area contributed by atoms with E-state index in [1.165, 1.54) is 0 Å². The Kier molecular flexibility index (Phi) is 2.40. The number of oxazole rings is 1. The monoisotopic (exact) mass is 227 g/mol. The number of para-hydroxylation sites is 2. The van der Waals surface area contributed by atoms with Gasteiger partial charge in [-0.3, -0.25) is 4.57 Å². The van der Waals surface area contributed by atoms with Gasteiger partial charge in [0.15, 0.2) is 5.58 Å². The number of imidazole rings is 1. The topological polar surface area (TPSA) is 43.9 Å². The summed E-state index contributed by atoms with van der Waals surface area (Å²) in [5, 5.41) is 0. The minimum Gasteiger partial charge on any atom is -0.423 e. The molecule has 0 amide bonds. The van der Waals surface area contributed by atoms with E-state index in [9.17, 15) is 0 Å². The molecule has 86 valence electrons. The van der Waals surface area contributed by atoms with Crippen LogP contribution in [-0.2, 0) is 6.42 Å². The molecule has 0 N–H and O–H groups in total. The van der Waals surface area contributed by atoms with Crippen molar-refractivity contribution >= 4 is 11.1 Å². The molecule has 0 bridgehead atoms. The zero-order chi connectivity index (χ0) is 11.7. The number of hydrogen-bond acceptors (Lipinski definition) is 3. The largest absolute Gasteiger partial charge is 0.423 e. The molecule has 0 radical (unpaired) electrons. The second-order valence-electron chi connectivity index (χ2n) is 3.93. The fraction of sp³-hybridized carbons (Fsp3) is 0.231. The maximum absolute atomic E-state index is 5.71. The lowest BCUT2D eigenvalue weighted by Crippen LogP contribution is -2.00. The summed E-state index contributed by atoms with van der Waals surface area (Å²) in [5.74, 6) is 0.985. The summed E-state index contributed by atoms with van der Waals surface area (Å²) in [7, 11) is 0. The second-order valence-corrected chi connectivity index (χ2v) is 3.93. The van der Waals surface area contributed by atoms with Crippen molar-refractivity contribution in [3.05, 3.63) is 42.5 Å². The molecule has 1 aromatic carbocycles. The van der Waals surface area contributed by atoms with Gasteiger partial charge in [-0.2, -0.15) is 4.98 Å². The predicted octanol–water partition coefficient (Wildman–Crippen LogP) is 2.97. The molecule has 3 aromatic rings. The fourth-order valence-corrected chi connectivity index (χ4v) is 1.88. The molecule has 4 nitrogen and oxygen atoms in total. The van der Waals surface area contributed by atoms with Crippen molar-refractivity contribution in [3.8, 4) is 6.01 Å². The van der Waals surface area contributed by atoms with Crippen LogP contribution in [0.1, 0.15) is 19.2 Å². The Morgan fingerprint density at radius 3 is 3.00 bits per heavy atom. The molecule has 0 aliphatic rings. The van der Waals surface area contributed by atoms with Crippen molar-refractivity contribution in [1.29, 1.82) is 0 Å². The summed E-state index contributed by atoms with van der Waals surface area (Å²) in [6, 6.07) is 8.35. The maximum Gasteiger partial charge on any atom is 0.308 e. The van der Waals surface area contributed by atoms with Crippen LogP contribution < -0.4 is 0 Å². The summed E-state index contributed by atoms with van der Waals surface area (Å²) < 4.78 is 7.62. The number of fused-ring (bicyclic) bond motifs is 1. The molecule has 0 aliphatic carbocycles. The zero-order valence-electron chi connectivity index (χ0n) is 9.63. The number of nitrogens with zero attached hydrogens (tertiary/aromatic N) is 3. The molecular weight excluding hydrogens is 214 g/mol. The Bertz CT molecular complexity index is 606. The van der Waals surface area contributed by atoms with E-state index in [4.69, 9.17) is 4.42 Å². The van der Waals surface area contributed by atoms with E-state index in [1.54, 1.807) is 6.20 Å². The summed E-state index contributed by atoms with van der Waals surface area (Å²) in [6.07, 6.45) is 5.64. The molecule has 0 spiro atoms. The molecule has 2 aromatic heterocycles. The third-order valence-electron chi connectivity index (χ3n) is 2.68. The Hall–Kier alpha value is -2.10. The summed E-state index contributed by atoms with van der Waals surface area (Å²) in [6.45, 7) is 2.13. The smallest absolute Gasteiger partial charge is 0.308 e. The third kappa shape index (κ3) is 1.71. The first-order valence-electron chi connectivity index (χ1n) is 5.76. The Morgan fingerprint density at radius 1 is 1.29 bits per heavy atom. The van der Waals surface area contributed by atoms with Crippen molar-refractivity contribution in [3.63, 3.8) is 0 Å². The molecule has 4 heteroatoms. The van der Waals surface area contributed by atoms with E-state index in [0.29, 0.717) is 6.01 Å². The number of rotatable bonds is 3. The number of aryl methyl sites for hydroxylation is 1. The van der Waals surface area contributed by atoms with E-state index in [-0.39, 0.29) is 0 Å². The molecule has 0 fully saturated rings. The molecular formula is C13H13N3O. The van der Waals surface area contributed by atoms with Gasteiger partial charge >= 0.3 is 6.01 Å². The Labute approximate surface area is 98.9 Å². The summed E-state index contributed by atoms with van der Waals surface area (Å²) in [4.78, 5) is 8.77. The maximum atomic E-state index is 5.71. The van der Waals surface area contributed by atoms with Crippen LogP contribution in [0.3, 0.4) is 0 Å². The van der Waals surface area contributed by atoms with Gasteiger partial charge in [0.1, 0.15) is 11.3 Å². The minimum absolute atomic E-state index is 0.590. The first-order valence-corrected chi connectivity index (χ1v) is 5.76. The average Bonchev–Trinajstić information content (AvgIpc) is 2.94. The highest BCUT2D eigenvalue weighted by molar-refractivity contribution is 5.73. The first kappa shape index (κ1) is 10.1. The minimum atomic E-state index is 0.590. The van der Waals surface area contributed by atoms with Crippen LogP contribution in [0.2, 0.25) is 0 Å². The van der Waals surface area contributed by atoms with Crippen LogP contribution in [0.15, 0.2) is 41.1 Å². The molecule has 17 heavy (non-hydrogen) atoms. The summed E-state index contributed by atoms with van der Waals surface area (Å²) >= 11 is 0. The van der Waals surface area contributed by atoms with Gasteiger partial charge in [0, 0.05) is 18.8 Å². The van der Waals surface area contributed by atoms with E-state index in [1.807, 2.05) is 35.0 Å². The number of aromatic nitrogens is 3. The van der Waals surface area contributed by atoms with Crippen molar-refractivity contribution in [2.45, 2.75) is 19.8 Å². The van der Waals surface area contributed by atoms with Gasteiger partial charge in [-0.05, 0) is 18.6 Å². The standard InChI is InChI=1S/C13H13N3O/c1-2-5-12-14-8-9-16(12)13-15-10-6-3-4-7-11(10)17-13/h3-4,6-9H,2,5H2,1H3. The molecule has 0 aliphatic heterocycles. The lowest BCUT2D eigenvalue weighted by molar-refractivity contribution is 0.554. The average molecular weight is 227 g/mol. The second kappa shape index (κ2) is 4.05. The van der Waals surface area contributed by atoms with E-state index in [2.05, 4.69) is 16.9 Å². The molecule has 0 saturated heterocycles. The van der Waals surface area contributed by atoms with E-state index < -0.39 is 0 Å². The quantitative estimate of drug-likeness (QED) is 0.691. The van der Waals surface area contributed by atoms with Crippen LogP contribution in [0.4, 0.5) is 0 Å². The highest BCUT2D eigenvalue weighted by Gasteiger charge is 2.10. The van der Waals surface area contributed by atoms with Crippen LogP contribution in [0.5, 0.6) is 0 Å². The predicted molar refractivity (Wildman–Crippen MR) is 65.1 cm³/mol. The summed E-state index contributed by atoms with van der Waals surface area (Å²) in [5.41, 5.74) is 1.68. The van der Waals surface area contributed by atoms with E-state index >= 15 is 0 Å². The van der Waals surface area contributed by atoms with Gasteiger partial charge in [0.25, 0.3) is 0 Å². The fourth-order valence-electron chi connectivity index (χ4n) is 1.88. The van der Waals surface area contributed by atoms with Gasteiger partial charge in [-0.25, -0.2) is 4.98 Å². The normalized spacial score (nSPS) is 11.1. The van der Waals surface area contributed by atoms with Crippen LogP contribution in [0.25, 0.3) is 17.1 Å². The van der Waals surface area contributed by atoms with Crippen molar-refractivity contribution in [2.24, 2.45) is 0 Å². The van der Waals surface area contributed by atoms with Gasteiger partial charge in [0.2, 0.25) is 0 Å². The number of hydrogen-bond donors (Lipinski definition) is 0. The van der Waals surface area contributed by atoms with Crippen LogP contribution >= 0.6 is 0 Å². The Balaban J connectivity index is 2.10. The van der Waals surface area contributed by atoms with Gasteiger partial charge < -0.3 is 4.42 Å². The van der Waals surface area contributed by atoms with Gasteiger partial charge in [-0.15, -0.1) is 0 Å². The van der Waals surface area contributed by atoms with Gasteiger partial charge in [-0.1, -0.05) is 19.1 Å². The SMILES string of the molecule is CCCc1nccn1-c1nc2ccccc2o1. The van der Waals surface area contributed by atoms with Crippen LogP contribution in [0, 0.1) is 0 Å². The third-order valence-corrected chi connectivity index (χ3v) is 2.68. The van der Waals surface area contributed by atoms with E-state index in [0.717, 1.165) is 29.8 Å². The molecule has 0 atom stereocenters.